The van der Waals surface area contributed by atoms with E-state index in [0.29, 0.717) is 59.7 Å². The molecule has 0 radical (unpaired) electrons. The van der Waals surface area contributed by atoms with Gasteiger partial charge < -0.3 is 95.6 Å². The van der Waals surface area contributed by atoms with E-state index < -0.39 is 245 Å². The Bertz CT molecular complexity index is 4820. The molecule has 0 fully saturated rings. The average Bonchev–Trinajstić information content (AvgIpc) is 1.58. The highest BCUT2D eigenvalue weighted by Crippen LogP contribution is 2.26. The number of H-pyrrole nitrogens is 1. The number of primary amides is 2. The maximum atomic E-state index is 15.6. The van der Waals surface area contributed by atoms with Gasteiger partial charge in [0, 0.05) is 75.0 Å². The number of carbonyl (C=O) groups is 19. The number of nitrogens with two attached hydrogens (primary N) is 2. The van der Waals surface area contributed by atoms with Crippen molar-refractivity contribution in [3.63, 3.8) is 0 Å². The summed E-state index contributed by atoms with van der Waals surface area (Å²) in [6.45, 7) is 21.6. The number of phenolic OH excluding ortho intramolecular Hbond substituents is 1. The second-order valence-corrected chi connectivity index (χ2v) is 36.8. The molecule has 16 atom stereocenters. The van der Waals surface area contributed by atoms with Crippen LogP contribution in [0.5, 0.6) is 5.75 Å². The van der Waals surface area contributed by atoms with E-state index in [1.807, 2.05) is 12.2 Å². The lowest BCUT2D eigenvalue weighted by atomic mass is 9.89. The highest BCUT2D eigenvalue weighted by Gasteiger charge is 2.44. The van der Waals surface area contributed by atoms with Crippen LogP contribution in [0.4, 0.5) is 0 Å². The molecule has 2 heterocycles. The van der Waals surface area contributed by atoms with Crippen LogP contribution in [0.3, 0.4) is 0 Å². The van der Waals surface area contributed by atoms with Crippen molar-refractivity contribution in [3.8, 4) is 5.75 Å². The second-order valence-electron chi connectivity index (χ2n) is 36.8. The first kappa shape index (κ1) is 112. The Labute approximate surface area is 781 Å². The number of nitrogens with one attached hydrogen (secondary N) is 15. The third kappa shape index (κ3) is 36.5. The van der Waals surface area contributed by atoms with Crippen molar-refractivity contribution in [3.05, 3.63) is 114 Å². The largest absolute Gasteiger partial charge is 0.508 e. The molecule has 5 rings (SSSR count). The minimum atomic E-state index is -2.08. The summed E-state index contributed by atoms with van der Waals surface area (Å²) in [6.07, 6.45) is 2.78. The Kier molecular flexibility index (Phi) is 44.7. The molecule has 13 amide bonds. The molecule has 22 N–H and O–H groups in total. The minimum Gasteiger partial charge on any atom is -0.508 e. The number of allylic oxidation sites excluding steroid dienone is 2. The van der Waals surface area contributed by atoms with Gasteiger partial charge in [0.1, 0.15) is 59.1 Å². The summed E-state index contributed by atoms with van der Waals surface area (Å²) in [6, 6.07) is 3.55. The zero-order chi connectivity index (χ0) is 100. The highest BCUT2D eigenvalue weighted by atomic mass is 16.4. The van der Waals surface area contributed by atoms with Crippen molar-refractivity contribution in [1.82, 2.24) is 79.6 Å². The molecule has 3 aromatic carbocycles. The molecule has 4 aromatic rings. The maximum Gasteiger partial charge on any atom is 0.303 e. The summed E-state index contributed by atoms with van der Waals surface area (Å²) in [5.41, 5.74) is 12.9. The summed E-state index contributed by atoms with van der Waals surface area (Å²) >= 11 is 0. The van der Waals surface area contributed by atoms with Crippen LogP contribution in [0, 0.1) is 23.7 Å². The Morgan fingerprint density at radius 3 is 1.78 bits per heavy atom. The first-order valence-electron chi connectivity index (χ1n) is 45.7. The topological polar surface area (TPSA) is 621 Å². The number of aliphatic hydroxyl groups excluding tert-OH is 1. The molecule has 0 saturated carbocycles. The number of carbonyl (C=O) groups excluding carboxylic acids is 18. The number of para-hydroxylation sites is 1. The third-order valence-corrected chi connectivity index (χ3v) is 23.3. The number of Topliss-reactive ketones (excluding diaryl/α,β-unsaturated/α-hetero) is 5. The van der Waals surface area contributed by atoms with Gasteiger partial charge in [-0.25, -0.2) is 10.9 Å². The third-order valence-electron chi connectivity index (χ3n) is 23.3. The lowest BCUT2D eigenvalue weighted by Gasteiger charge is -2.34. The number of aromatic hydroxyl groups is 1. The number of hydrazine groups is 1. The zero-order valence-electron chi connectivity index (χ0n) is 79.4. The highest BCUT2D eigenvalue weighted by molar-refractivity contribution is 6.41. The van der Waals surface area contributed by atoms with E-state index in [9.17, 15) is 77.6 Å². The number of carboxylic acids is 1. The molecule has 134 heavy (non-hydrogen) atoms. The molecule has 0 saturated heterocycles. The van der Waals surface area contributed by atoms with Crippen LogP contribution in [0.15, 0.2) is 97.2 Å². The smallest absolute Gasteiger partial charge is 0.303 e. The van der Waals surface area contributed by atoms with Crippen LogP contribution in [-0.4, -0.2) is 228 Å². The SMILES string of the molecule is CC(=O)N[C@@H](CC(C)C)C(=O)N[C@H](C(=O)N[C@@H](Cc1ccccc1)C(=O)N[C@]1(C)CCCCCC/C=C/CCC[C@@](C)(C(=O)NC(C)C(=O)N[C@@H](C)C(=O)C(=O)[C@H](C)NNC(C)(C)C(=O)C[C@H](C)C(N)=O)NC(=O)[C@H](CC(C)C)CN[C@@H](CCC(N)=O)C(=O)C(=O)C(C)NC(=O)[C@H](Cc2c[nH]c3ccccc23)NC(=O)C(Cc2ccc(O)cc2)NC(=O)[C@H](CCC(=O)O)NC1=O)[C@@H](C)O. The first-order chi connectivity index (χ1) is 62.8. The lowest BCUT2D eigenvalue weighted by molar-refractivity contribution is -0.141. The molecule has 3 unspecified atom stereocenters. The number of aliphatic hydroxyl groups is 1. The number of hydrogen-bond donors (Lipinski definition) is 20. The number of phenols is 1. The Balaban J connectivity index is 1.61. The van der Waals surface area contributed by atoms with Crippen molar-refractivity contribution >= 4 is 123 Å². The number of aromatic amines is 1. The quantitative estimate of drug-likeness (QED) is 0.0173. The molecule has 39 nitrogen and oxygen atoms in total. The van der Waals surface area contributed by atoms with Crippen molar-refractivity contribution in [1.29, 1.82) is 0 Å². The number of carboxylic acid groups (broad SMARTS) is 1. The summed E-state index contributed by atoms with van der Waals surface area (Å²) < 4.78 is 0. The van der Waals surface area contributed by atoms with Gasteiger partial charge in [-0.15, -0.1) is 0 Å². The van der Waals surface area contributed by atoms with E-state index in [1.165, 1.54) is 100 Å². The summed E-state index contributed by atoms with van der Waals surface area (Å²) in [5.74, 6) is -20.6. The van der Waals surface area contributed by atoms with Crippen LogP contribution in [-0.2, 0) is 110 Å². The molecule has 0 spiro atoms. The van der Waals surface area contributed by atoms with E-state index >= 15 is 28.8 Å². The number of aliphatic carboxylic acids is 1. The van der Waals surface area contributed by atoms with Crippen molar-refractivity contribution < 1.29 is 106 Å². The van der Waals surface area contributed by atoms with Gasteiger partial charge in [0.05, 0.1) is 41.7 Å². The Hall–Kier alpha value is -12.5. The summed E-state index contributed by atoms with van der Waals surface area (Å²) in [7, 11) is 0. The second kappa shape index (κ2) is 53.4. The van der Waals surface area contributed by atoms with Gasteiger partial charge in [-0.2, -0.15) is 0 Å². The number of benzene rings is 3. The normalized spacial score (nSPS) is 22.1. The number of rotatable bonds is 38. The fraction of sp³-hybridized carbons (Fsp3) is 0.568. The monoisotopic (exact) mass is 1870 g/mol. The Morgan fingerprint density at radius 2 is 1.17 bits per heavy atom. The van der Waals surface area contributed by atoms with Gasteiger partial charge in [-0.1, -0.05) is 127 Å². The van der Waals surface area contributed by atoms with Crippen molar-refractivity contribution in [2.75, 3.05) is 6.54 Å². The molecule has 736 valence electrons. The van der Waals surface area contributed by atoms with E-state index in [0.717, 1.165) is 0 Å². The van der Waals surface area contributed by atoms with Crippen LogP contribution in [0.1, 0.15) is 223 Å². The van der Waals surface area contributed by atoms with Crippen molar-refractivity contribution in [2.24, 2.45) is 35.1 Å². The molecular weight excluding hydrogens is 1730 g/mol. The van der Waals surface area contributed by atoms with E-state index in [-0.39, 0.29) is 81.9 Å². The van der Waals surface area contributed by atoms with E-state index in [1.54, 1.807) is 88.5 Å². The van der Waals surface area contributed by atoms with Crippen LogP contribution < -0.4 is 86.1 Å². The molecule has 1 aliphatic rings. The molecule has 1 aliphatic heterocycles. The molecular formula is C95H139N17O22. The number of ketones is 5. The van der Waals surface area contributed by atoms with Gasteiger partial charge in [0.25, 0.3) is 0 Å². The number of aromatic nitrogens is 1. The fourth-order valence-corrected chi connectivity index (χ4v) is 15.1. The molecule has 39 heteroatoms. The van der Waals surface area contributed by atoms with Gasteiger partial charge in [-0.05, 0) is 173 Å². The standard InChI is InChI=1S/C95H139N17O22/c1-52(2)44-64-51-99-68(38-40-75(96)117)81(123)79(121)56(7)101-86(128)73(49-63-50-98-67-33-27-26-32-66(63)67)105-87(129)71(48-62-34-36-65(115)37-35-62)104-85(127)69(39-41-76(118)119)107-92(134)95(15,110-89(131)72(47-61-30-24-23-25-31-61)106-90(132)77(59(10)113)108-88(130)70(45-53(3)4)103-60(11)114)43-29-22-20-18-16-17-19-21-28-42-94(14,109-84(64)126)91(133)102-58(9)83(125)100-55(6)78(120)80(122)57(8)111-112-93(12,13)74(116)46-54(5)82(97)124/h17,19,23-27,30-37,50,52-59,64,68-73,77,98-99,111-113,115H,16,18,20-22,28-29,38-49,51H2,1-15H3,(H2,96,117)(H2,97,124)(H,100,125)(H,101,128)(H,102,133)(H,103,114)(H,104,127)(H,105,129)(H,106,132)(H,107,134)(H,108,130)(H,109,126)(H,110,131)(H,118,119)/b19-17+/t54-,55-,56?,57-,58?,59+,64+,68-,69-,70-,71?,72-,73-,77-,94-,95+/m0/s1. The predicted octanol–water partition coefficient (Wildman–Crippen LogP) is 1.97. The van der Waals surface area contributed by atoms with E-state index in [4.69, 9.17) is 11.5 Å². The summed E-state index contributed by atoms with van der Waals surface area (Å²) in [4.78, 5) is 271. The number of amides is 13. The average molecular weight is 1870 g/mol. The van der Waals surface area contributed by atoms with Crippen LogP contribution in [0.2, 0.25) is 0 Å². The Morgan fingerprint density at radius 1 is 0.575 bits per heavy atom. The van der Waals surface area contributed by atoms with Crippen LogP contribution >= 0.6 is 0 Å². The van der Waals surface area contributed by atoms with Gasteiger partial charge >= 0.3 is 5.97 Å². The molecule has 1 aromatic heterocycles. The summed E-state index contributed by atoms with van der Waals surface area (Å²) in [5, 5.41) is 64.3. The molecule has 0 aliphatic carbocycles. The predicted molar refractivity (Wildman–Crippen MR) is 497 cm³/mol. The van der Waals surface area contributed by atoms with Crippen LogP contribution in [0.25, 0.3) is 10.9 Å². The number of hydrogen-bond acceptors (Lipinski definition) is 24. The lowest BCUT2D eigenvalue weighted by Crippen LogP contribution is -2.65. The van der Waals surface area contributed by atoms with E-state index in [2.05, 4.69) is 79.6 Å². The van der Waals surface area contributed by atoms with Gasteiger partial charge in [-0.3, -0.25) is 91.1 Å². The van der Waals surface area contributed by atoms with Gasteiger partial charge in [0.15, 0.2) is 5.78 Å². The first-order valence-corrected chi connectivity index (χ1v) is 45.7. The fourth-order valence-electron chi connectivity index (χ4n) is 15.1. The number of fused-ring (bicyclic) bond motifs is 1. The van der Waals surface area contributed by atoms with Crippen molar-refractivity contribution in [2.45, 2.75) is 315 Å². The molecule has 0 bridgehead atoms. The van der Waals surface area contributed by atoms with Gasteiger partial charge in [0.2, 0.25) is 99.9 Å². The zero-order valence-corrected chi connectivity index (χ0v) is 79.4. The minimum absolute atomic E-state index is 0.0849. The maximum absolute atomic E-state index is 15.6.